The topological polar surface area (TPSA) is 88.2 Å². The van der Waals surface area contributed by atoms with Crippen LogP contribution in [0.4, 0.5) is 5.69 Å². The molecular weight excluding hydrogens is 306 g/mol. The van der Waals surface area contributed by atoms with Crippen molar-refractivity contribution in [3.8, 4) is 11.5 Å². The molecule has 2 N–H and O–H groups in total. The first kappa shape index (κ1) is 15.9. The van der Waals surface area contributed by atoms with Crippen LogP contribution in [0.25, 0.3) is 11.5 Å². The van der Waals surface area contributed by atoms with Crippen molar-refractivity contribution in [3.63, 3.8) is 0 Å². The van der Waals surface area contributed by atoms with Crippen LogP contribution in [0.1, 0.15) is 27.3 Å². The van der Waals surface area contributed by atoms with Crippen molar-refractivity contribution >= 4 is 11.6 Å². The molecule has 2 aromatic carbocycles. The summed E-state index contributed by atoms with van der Waals surface area (Å²) in [5.41, 5.74) is 3.63. The zero-order chi connectivity index (χ0) is 17.1. The van der Waals surface area contributed by atoms with Crippen molar-refractivity contribution < 1.29 is 14.4 Å². The maximum Gasteiger partial charge on any atom is 0.257 e. The highest BCUT2D eigenvalue weighted by Gasteiger charge is 2.11. The maximum absolute atomic E-state index is 12.4. The number of rotatable bonds is 4. The van der Waals surface area contributed by atoms with Gasteiger partial charge in [-0.05, 0) is 55.3 Å². The van der Waals surface area contributed by atoms with Gasteiger partial charge in [-0.2, -0.15) is 4.98 Å². The minimum Gasteiger partial charge on any atom is -0.392 e. The summed E-state index contributed by atoms with van der Waals surface area (Å²) in [5, 5.41) is 15.8. The number of nitrogens with zero attached hydrogens (tertiary/aromatic N) is 2. The van der Waals surface area contributed by atoms with Crippen LogP contribution in [0.15, 0.2) is 47.0 Å². The highest BCUT2D eigenvalue weighted by molar-refractivity contribution is 6.04. The van der Waals surface area contributed by atoms with Gasteiger partial charge in [-0.1, -0.05) is 17.3 Å². The number of anilines is 1. The summed E-state index contributed by atoms with van der Waals surface area (Å²) in [7, 11) is 0. The van der Waals surface area contributed by atoms with Crippen molar-refractivity contribution in [2.75, 3.05) is 5.32 Å². The molecule has 0 saturated heterocycles. The zero-order valence-electron chi connectivity index (χ0n) is 13.4. The number of benzene rings is 2. The van der Waals surface area contributed by atoms with Gasteiger partial charge in [0.25, 0.3) is 11.8 Å². The zero-order valence-corrected chi connectivity index (χ0v) is 13.4. The second-order valence-corrected chi connectivity index (χ2v) is 5.49. The number of hydrogen-bond donors (Lipinski definition) is 2. The number of aryl methyl sites for hydroxylation is 2. The maximum atomic E-state index is 12.4. The van der Waals surface area contributed by atoms with Gasteiger partial charge in [0.1, 0.15) is 0 Å². The smallest absolute Gasteiger partial charge is 0.257 e. The average Bonchev–Trinajstić information content (AvgIpc) is 3.03. The Bertz CT molecular complexity index is 869. The first-order chi connectivity index (χ1) is 11.6. The highest BCUT2D eigenvalue weighted by atomic mass is 16.5. The van der Waals surface area contributed by atoms with E-state index in [2.05, 4.69) is 15.5 Å². The summed E-state index contributed by atoms with van der Waals surface area (Å²) in [5.74, 6) is 0.762. The molecule has 0 bridgehead atoms. The lowest BCUT2D eigenvalue weighted by molar-refractivity contribution is 0.102. The molecular formula is C18H17N3O3. The Kier molecular flexibility index (Phi) is 4.39. The molecule has 6 nitrogen and oxygen atoms in total. The van der Waals surface area contributed by atoms with Crippen LogP contribution in [0, 0.1) is 13.8 Å². The quantitative estimate of drug-likeness (QED) is 0.770. The molecule has 1 amide bonds. The van der Waals surface area contributed by atoms with Crippen LogP contribution < -0.4 is 5.32 Å². The minimum absolute atomic E-state index is 0.0680. The van der Waals surface area contributed by atoms with Crippen molar-refractivity contribution in [3.05, 3.63) is 65.0 Å². The van der Waals surface area contributed by atoms with Crippen molar-refractivity contribution in [2.24, 2.45) is 0 Å². The van der Waals surface area contributed by atoms with Crippen LogP contribution in [0.5, 0.6) is 0 Å². The number of carbonyl (C=O) groups is 1. The molecule has 0 saturated carbocycles. The first-order valence-electron chi connectivity index (χ1n) is 7.49. The van der Waals surface area contributed by atoms with Crippen LogP contribution in [0.2, 0.25) is 0 Å². The third-order valence-corrected chi connectivity index (χ3v) is 3.65. The van der Waals surface area contributed by atoms with Gasteiger partial charge in [0.05, 0.1) is 6.61 Å². The van der Waals surface area contributed by atoms with Gasteiger partial charge in [-0.15, -0.1) is 0 Å². The molecule has 0 atom stereocenters. The van der Waals surface area contributed by atoms with E-state index in [4.69, 9.17) is 4.52 Å². The number of carbonyl (C=O) groups excluding carboxylic acids is 1. The summed E-state index contributed by atoms with van der Waals surface area (Å²) in [6.07, 6.45) is 0. The van der Waals surface area contributed by atoms with E-state index >= 15 is 0 Å². The van der Waals surface area contributed by atoms with Gasteiger partial charge in [0.2, 0.25) is 0 Å². The lowest BCUT2D eigenvalue weighted by Crippen LogP contribution is -2.13. The Morgan fingerprint density at radius 3 is 2.54 bits per heavy atom. The molecule has 0 radical (unpaired) electrons. The van der Waals surface area contributed by atoms with Gasteiger partial charge in [-0.3, -0.25) is 4.79 Å². The van der Waals surface area contributed by atoms with E-state index in [0.717, 1.165) is 16.7 Å². The summed E-state index contributed by atoms with van der Waals surface area (Å²) in [4.78, 5) is 16.5. The average molecular weight is 323 g/mol. The number of aliphatic hydroxyl groups excluding tert-OH is 1. The standard InChI is InChI=1S/C18H17N3O3/c1-11-3-4-13(10-22)9-16(11)20-17(23)14-5-7-15(8-6-14)18-19-12(2)21-24-18/h3-9,22H,10H2,1-2H3,(H,20,23). The first-order valence-corrected chi connectivity index (χ1v) is 7.49. The fourth-order valence-electron chi connectivity index (χ4n) is 2.28. The van der Waals surface area contributed by atoms with Crippen molar-refractivity contribution in [1.82, 2.24) is 10.1 Å². The monoisotopic (exact) mass is 323 g/mol. The molecule has 0 fully saturated rings. The SMILES string of the molecule is Cc1noc(-c2ccc(C(=O)Nc3cc(CO)ccc3C)cc2)n1. The van der Waals surface area contributed by atoms with Gasteiger partial charge >= 0.3 is 0 Å². The van der Waals surface area contributed by atoms with E-state index in [1.807, 2.05) is 19.1 Å². The molecule has 0 aliphatic carbocycles. The predicted molar refractivity (Wildman–Crippen MR) is 89.5 cm³/mol. The van der Waals surface area contributed by atoms with E-state index in [0.29, 0.717) is 23.0 Å². The fourth-order valence-corrected chi connectivity index (χ4v) is 2.28. The van der Waals surface area contributed by atoms with E-state index < -0.39 is 0 Å². The molecule has 6 heteroatoms. The molecule has 1 aromatic heterocycles. The normalized spacial score (nSPS) is 10.6. The molecule has 0 spiro atoms. The molecule has 0 aliphatic heterocycles. The molecule has 24 heavy (non-hydrogen) atoms. The van der Waals surface area contributed by atoms with Crippen LogP contribution in [-0.2, 0) is 6.61 Å². The molecule has 1 heterocycles. The van der Waals surface area contributed by atoms with E-state index in [1.165, 1.54) is 0 Å². The molecule has 0 unspecified atom stereocenters. The van der Waals surface area contributed by atoms with Gasteiger partial charge in [0.15, 0.2) is 5.82 Å². The Hall–Kier alpha value is -2.99. The van der Waals surface area contributed by atoms with Crippen LogP contribution >= 0.6 is 0 Å². The fraction of sp³-hybridized carbons (Fsp3) is 0.167. The third kappa shape index (κ3) is 3.33. The number of aromatic nitrogens is 2. The lowest BCUT2D eigenvalue weighted by Gasteiger charge is -2.10. The Labute approximate surface area is 139 Å². The molecule has 122 valence electrons. The summed E-state index contributed by atoms with van der Waals surface area (Å²) in [6.45, 7) is 3.58. The largest absolute Gasteiger partial charge is 0.392 e. The Morgan fingerprint density at radius 2 is 1.92 bits per heavy atom. The second-order valence-electron chi connectivity index (χ2n) is 5.49. The Balaban J connectivity index is 1.78. The third-order valence-electron chi connectivity index (χ3n) is 3.65. The number of amides is 1. The molecule has 3 aromatic rings. The van der Waals surface area contributed by atoms with Gasteiger partial charge in [-0.25, -0.2) is 0 Å². The van der Waals surface area contributed by atoms with Gasteiger partial charge < -0.3 is 14.9 Å². The Morgan fingerprint density at radius 1 is 1.17 bits per heavy atom. The molecule has 3 rings (SSSR count). The summed E-state index contributed by atoms with van der Waals surface area (Å²) >= 11 is 0. The number of hydrogen-bond acceptors (Lipinski definition) is 5. The molecule has 0 aliphatic rings. The van der Waals surface area contributed by atoms with Crippen molar-refractivity contribution in [2.45, 2.75) is 20.5 Å². The number of nitrogens with one attached hydrogen (secondary N) is 1. The van der Waals surface area contributed by atoms with Crippen LogP contribution in [0.3, 0.4) is 0 Å². The highest BCUT2D eigenvalue weighted by Crippen LogP contribution is 2.20. The van der Waals surface area contributed by atoms with Gasteiger partial charge in [0, 0.05) is 16.8 Å². The van der Waals surface area contributed by atoms with E-state index in [-0.39, 0.29) is 12.5 Å². The second kappa shape index (κ2) is 6.64. The van der Waals surface area contributed by atoms with Crippen molar-refractivity contribution in [1.29, 1.82) is 0 Å². The lowest BCUT2D eigenvalue weighted by atomic mass is 10.1. The predicted octanol–water partition coefficient (Wildman–Crippen LogP) is 3.10. The summed E-state index contributed by atoms with van der Waals surface area (Å²) in [6, 6.07) is 12.4. The van der Waals surface area contributed by atoms with E-state index in [1.54, 1.807) is 37.3 Å². The van der Waals surface area contributed by atoms with E-state index in [9.17, 15) is 9.90 Å². The number of aliphatic hydroxyl groups is 1. The van der Waals surface area contributed by atoms with Crippen LogP contribution in [-0.4, -0.2) is 21.2 Å². The summed E-state index contributed by atoms with van der Waals surface area (Å²) < 4.78 is 5.10. The minimum atomic E-state index is -0.221.